The highest BCUT2D eigenvalue weighted by molar-refractivity contribution is 14.2. The fourth-order valence-electron chi connectivity index (χ4n) is 0.911. The van der Waals surface area contributed by atoms with E-state index in [2.05, 4.69) is 23.7 Å². The van der Waals surface area contributed by atoms with E-state index in [1.165, 1.54) is 5.35 Å². The third-order valence-electron chi connectivity index (χ3n) is 1.47. The fraction of sp³-hybridized carbons (Fsp3) is 0.143. The van der Waals surface area contributed by atoms with Gasteiger partial charge in [-0.25, -0.2) is 4.98 Å². The first-order chi connectivity index (χ1) is 4.88. The molecule has 0 N–H and O–H groups in total. The van der Waals surface area contributed by atoms with Gasteiger partial charge in [-0.05, 0) is 14.2 Å². The Bertz CT molecular complexity index is 386. The Hall–Kier alpha value is -0.450. The summed E-state index contributed by atoms with van der Waals surface area (Å²) >= 11 is 0.169. The number of hydrogen-bond acceptors (Lipinski definition) is 1. The second-order valence-corrected chi connectivity index (χ2v) is 4.21. The van der Waals surface area contributed by atoms with Gasteiger partial charge in [0.25, 0.3) is 0 Å². The Kier molecular flexibility index (Phi) is 1.44. The van der Waals surface area contributed by atoms with E-state index in [4.69, 9.17) is 0 Å². The summed E-state index contributed by atoms with van der Waals surface area (Å²) in [6.45, 7) is 0. The first-order valence-electron chi connectivity index (χ1n) is 3.01. The topological polar surface area (TPSA) is 17.8 Å². The summed E-state index contributed by atoms with van der Waals surface area (Å²) in [7, 11) is 2.03. The molecule has 0 aliphatic carbocycles. The quantitative estimate of drug-likeness (QED) is 0.576. The second kappa shape index (κ2) is 2.30. The molecule has 0 bridgehead atoms. The predicted molar refractivity (Wildman–Crippen MR) is 51.5 cm³/mol. The van der Waals surface area contributed by atoms with Crippen molar-refractivity contribution in [2.75, 3.05) is 0 Å². The predicted octanol–water partition coefficient (Wildman–Crippen LogP) is -0.275. The van der Waals surface area contributed by atoms with E-state index in [1.54, 1.807) is 0 Å². The van der Waals surface area contributed by atoms with Crippen LogP contribution in [-0.4, -0.2) is 13.6 Å². The number of aryl methyl sites for hydroxylation is 1. The first kappa shape index (κ1) is 6.27. The van der Waals surface area contributed by atoms with Crippen molar-refractivity contribution < 1.29 is 0 Å². The minimum absolute atomic E-state index is 0.169. The van der Waals surface area contributed by atoms with Gasteiger partial charge in [0.05, 0.1) is 17.0 Å². The van der Waals surface area contributed by atoms with Crippen LogP contribution in [0.1, 0.15) is 0 Å². The van der Waals surface area contributed by atoms with Crippen molar-refractivity contribution in [1.29, 1.82) is 0 Å². The van der Waals surface area contributed by atoms with Crippen LogP contribution in [-0.2, 0) is 7.05 Å². The zero-order valence-electron chi connectivity index (χ0n) is 5.58. The van der Waals surface area contributed by atoms with Gasteiger partial charge in [-0.2, -0.15) is 0 Å². The monoisotopic (exact) mass is 246 g/mol. The van der Waals surface area contributed by atoms with E-state index in [0.29, 0.717) is 0 Å². The van der Waals surface area contributed by atoms with Gasteiger partial charge in [0.15, 0.2) is 0 Å². The van der Waals surface area contributed by atoms with Crippen molar-refractivity contribution in [2.24, 2.45) is 7.05 Å². The minimum atomic E-state index is 0.169. The molecule has 1 aliphatic heterocycles. The summed E-state index contributed by atoms with van der Waals surface area (Å²) in [6, 6.07) is 0. The van der Waals surface area contributed by atoms with Gasteiger partial charge in [-0.1, -0.05) is 20.7 Å². The lowest BCUT2D eigenvalue weighted by Crippen LogP contribution is -2.29. The number of nitrogens with zero attached hydrogens (tertiary/aromatic N) is 2. The van der Waals surface area contributed by atoms with E-state index in [0.717, 1.165) is 5.35 Å². The molecule has 0 unspecified atom stereocenters. The van der Waals surface area contributed by atoms with Crippen LogP contribution in [0.5, 0.6) is 0 Å². The Balaban J connectivity index is 2.96. The Morgan fingerprint density at radius 3 is 3.30 bits per heavy atom. The zero-order valence-corrected chi connectivity index (χ0v) is 7.74. The molecular formula is C7H7IN2. The standard InChI is InChI=1S/C7H7IN2/c1-10-5-9-6-2-3-8-4-7(6)10/h2-5H,1H3. The van der Waals surface area contributed by atoms with Crippen molar-refractivity contribution in [2.45, 2.75) is 0 Å². The van der Waals surface area contributed by atoms with Crippen molar-refractivity contribution in [1.82, 2.24) is 9.55 Å². The molecule has 2 rings (SSSR count). The molecule has 3 heteroatoms. The van der Waals surface area contributed by atoms with Crippen LogP contribution >= 0.6 is 20.7 Å². The fourth-order valence-corrected chi connectivity index (χ4v) is 2.77. The van der Waals surface area contributed by atoms with E-state index in [9.17, 15) is 0 Å². The van der Waals surface area contributed by atoms with Crippen LogP contribution in [0.25, 0.3) is 10.2 Å². The summed E-state index contributed by atoms with van der Waals surface area (Å²) < 4.78 is 6.59. The Morgan fingerprint density at radius 1 is 1.60 bits per heavy atom. The van der Waals surface area contributed by atoms with Crippen molar-refractivity contribution in [3.8, 4) is 0 Å². The van der Waals surface area contributed by atoms with Gasteiger partial charge in [0.2, 0.25) is 0 Å². The second-order valence-electron chi connectivity index (χ2n) is 2.15. The molecule has 0 saturated heterocycles. The van der Waals surface area contributed by atoms with E-state index >= 15 is 0 Å². The van der Waals surface area contributed by atoms with Crippen LogP contribution in [0.4, 0.5) is 0 Å². The number of fused-ring (bicyclic) bond motifs is 1. The summed E-state index contributed by atoms with van der Waals surface area (Å²) in [5.74, 6) is 0. The highest BCUT2D eigenvalue weighted by Gasteiger charge is 1.92. The Morgan fingerprint density at radius 2 is 2.50 bits per heavy atom. The highest BCUT2D eigenvalue weighted by atomic mass is 127. The largest absolute Gasteiger partial charge is 0.333 e. The van der Waals surface area contributed by atoms with Gasteiger partial charge in [-0.3, -0.25) is 0 Å². The average molecular weight is 246 g/mol. The van der Waals surface area contributed by atoms with Crippen molar-refractivity contribution >= 4 is 34.9 Å². The summed E-state index contributed by atoms with van der Waals surface area (Å²) in [5.41, 5.74) is 0. The van der Waals surface area contributed by atoms with Gasteiger partial charge in [-0.15, -0.1) is 0 Å². The lowest BCUT2D eigenvalue weighted by molar-refractivity contribution is 0.883. The first-order valence-corrected chi connectivity index (χ1v) is 5.50. The molecule has 1 aromatic rings. The summed E-state index contributed by atoms with van der Waals surface area (Å²) in [5, 5.41) is 2.41. The third-order valence-corrected chi connectivity index (χ3v) is 3.20. The van der Waals surface area contributed by atoms with Crippen LogP contribution in [0.3, 0.4) is 0 Å². The van der Waals surface area contributed by atoms with E-state index < -0.39 is 0 Å². The van der Waals surface area contributed by atoms with E-state index in [-0.39, 0.29) is 20.7 Å². The van der Waals surface area contributed by atoms with Crippen LogP contribution in [0.15, 0.2) is 6.33 Å². The van der Waals surface area contributed by atoms with Crippen LogP contribution < -0.4 is 10.7 Å². The lowest BCUT2D eigenvalue weighted by atomic mass is 10.5. The molecule has 1 aliphatic rings. The number of aromatic nitrogens is 2. The molecule has 2 nitrogen and oxygen atoms in total. The SMILES string of the molecule is Cn1cnc2c1=CI=CC=2. The molecule has 0 saturated carbocycles. The number of halogens is 1. The van der Waals surface area contributed by atoms with Gasteiger partial charge in [0, 0.05) is 7.05 Å². The molecule has 10 heavy (non-hydrogen) atoms. The maximum atomic E-state index is 4.22. The van der Waals surface area contributed by atoms with Gasteiger partial charge < -0.3 is 4.57 Å². The third kappa shape index (κ3) is 0.847. The number of hydrogen-bond donors (Lipinski definition) is 0. The number of rotatable bonds is 0. The summed E-state index contributed by atoms with van der Waals surface area (Å²) in [4.78, 5) is 4.22. The molecule has 2 heterocycles. The highest BCUT2D eigenvalue weighted by Crippen LogP contribution is 1.96. The van der Waals surface area contributed by atoms with Crippen LogP contribution in [0.2, 0.25) is 0 Å². The molecule has 0 aromatic carbocycles. The Labute approximate surface area is 68.6 Å². The molecule has 0 fully saturated rings. The summed E-state index contributed by atoms with van der Waals surface area (Å²) in [6.07, 6.45) is 3.98. The molecule has 0 radical (unpaired) electrons. The average Bonchev–Trinajstić information content (AvgIpc) is 2.34. The lowest BCUT2D eigenvalue weighted by Gasteiger charge is -1.88. The van der Waals surface area contributed by atoms with E-state index in [1.807, 2.05) is 13.4 Å². The molecule has 0 spiro atoms. The molecular weight excluding hydrogens is 239 g/mol. The minimum Gasteiger partial charge on any atom is -0.333 e. The zero-order chi connectivity index (χ0) is 6.97. The smallest absolute Gasteiger partial charge is 0.0955 e. The van der Waals surface area contributed by atoms with Gasteiger partial charge >= 0.3 is 0 Å². The molecule has 0 atom stereocenters. The number of imidazole rings is 1. The molecule has 52 valence electrons. The molecule has 1 aromatic heterocycles. The van der Waals surface area contributed by atoms with Crippen LogP contribution in [0, 0.1) is 0 Å². The maximum absolute atomic E-state index is 4.22. The normalized spacial score (nSPS) is 14.5. The molecule has 0 amide bonds. The van der Waals surface area contributed by atoms with Crippen molar-refractivity contribution in [3.05, 3.63) is 17.0 Å². The maximum Gasteiger partial charge on any atom is 0.0955 e. The van der Waals surface area contributed by atoms with Crippen molar-refractivity contribution in [3.63, 3.8) is 0 Å². The van der Waals surface area contributed by atoms with Gasteiger partial charge in [0.1, 0.15) is 0 Å².